The zero-order valence-corrected chi connectivity index (χ0v) is 10.7. The Morgan fingerprint density at radius 2 is 2.12 bits per heavy atom. The van der Waals surface area contributed by atoms with Crippen molar-refractivity contribution in [3.05, 3.63) is 0 Å². The maximum Gasteiger partial charge on any atom is 0.223 e. The lowest BCUT2D eigenvalue weighted by molar-refractivity contribution is -0.123. The Balaban J connectivity index is 1.76. The SMILES string of the molecule is CCCC[C@@H]1CCC[C@@H]1NC(=O)[C@H]1C[C@@H]1C. The topological polar surface area (TPSA) is 29.1 Å². The molecule has 2 aliphatic rings. The quantitative estimate of drug-likeness (QED) is 0.762. The number of rotatable bonds is 5. The Bertz CT molecular complexity index is 251. The van der Waals surface area contributed by atoms with Crippen LogP contribution in [-0.2, 0) is 4.79 Å². The van der Waals surface area contributed by atoms with Crippen LogP contribution in [0.25, 0.3) is 0 Å². The number of carbonyl (C=O) groups is 1. The third-order valence-electron chi connectivity index (χ3n) is 4.36. The van der Waals surface area contributed by atoms with E-state index in [-0.39, 0.29) is 0 Å². The van der Waals surface area contributed by atoms with E-state index in [4.69, 9.17) is 0 Å². The molecule has 4 atom stereocenters. The van der Waals surface area contributed by atoms with Crippen molar-refractivity contribution in [2.75, 3.05) is 0 Å². The molecule has 2 rings (SSSR count). The first kappa shape index (κ1) is 11.9. The van der Waals surface area contributed by atoms with Gasteiger partial charge in [0, 0.05) is 12.0 Å². The molecule has 2 saturated carbocycles. The summed E-state index contributed by atoms with van der Waals surface area (Å²) in [5.74, 6) is 2.07. The van der Waals surface area contributed by atoms with Crippen LogP contribution < -0.4 is 5.32 Å². The van der Waals surface area contributed by atoms with Crippen molar-refractivity contribution in [3.8, 4) is 0 Å². The van der Waals surface area contributed by atoms with Gasteiger partial charge in [0.2, 0.25) is 5.91 Å². The lowest BCUT2D eigenvalue weighted by Gasteiger charge is -2.20. The molecule has 0 aromatic carbocycles. The summed E-state index contributed by atoms with van der Waals surface area (Å²) in [5, 5.41) is 3.29. The van der Waals surface area contributed by atoms with Gasteiger partial charge in [-0.2, -0.15) is 0 Å². The van der Waals surface area contributed by atoms with Crippen molar-refractivity contribution >= 4 is 5.91 Å². The third-order valence-corrected chi connectivity index (χ3v) is 4.36. The minimum Gasteiger partial charge on any atom is -0.353 e. The molecule has 2 fully saturated rings. The van der Waals surface area contributed by atoms with Gasteiger partial charge in [0.25, 0.3) is 0 Å². The van der Waals surface area contributed by atoms with Gasteiger partial charge in [0.1, 0.15) is 0 Å². The highest BCUT2D eigenvalue weighted by atomic mass is 16.2. The standard InChI is InChI=1S/C14H25NO/c1-3-4-6-11-7-5-8-13(11)15-14(16)12-9-10(12)2/h10-13H,3-9H2,1-2H3,(H,15,16)/t10-,11+,12-,13-/m0/s1. The van der Waals surface area contributed by atoms with E-state index in [9.17, 15) is 4.79 Å². The highest BCUT2D eigenvalue weighted by Crippen LogP contribution is 2.38. The molecule has 1 N–H and O–H groups in total. The molecular formula is C14H25NO. The van der Waals surface area contributed by atoms with Crippen molar-refractivity contribution in [3.63, 3.8) is 0 Å². The van der Waals surface area contributed by atoms with Crippen LogP contribution in [0.1, 0.15) is 58.8 Å². The summed E-state index contributed by atoms with van der Waals surface area (Å²) in [6, 6.07) is 0.492. The summed E-state index contributed by atoms with van der Waals surface area (Å²) < 4.78 is 0. The van der Waals surface area contributed by atoms with Crippen LogP contribution in [0, 0.1) is 17.8 Å². The Morgan fingerprint density at radius 1 is 1.38 bits per heavy atom. The Hall–Kier alpha value is -0.530. The molecule has 0 spiro atoms. The number of amides is 1. The molecule has 2 nitrogen and oxygen atoms in total. The van der Waals surface area contributed by atoms with Crippen molar-refractivity contribution in [1.82, 2.24) is 5.32 Å². The molecule has 0 aromatic rings. The van der Waals surface area contributed by atoms with E-state index < -0.39 is 0 Å². The Labute approximate surface area is 99.2 Å². The Morgan fingerprint density at radius 3 is 2.75 bits per heavy atom. The van der Waals surface area contributed by atoms with Gasteiger partial charge in [-0.25, -0.2) is 0 Å². The molecule has 16 heavy (non-hydrogen) atoms. The van der Waals surface area contributed by atoms with Crippen molar-refractivity contribution in [2.45, 2.75) is 64.8 Å². The van der Waals surface area contributed by atoms with E-state index in [1.807, 2.05) is 0 Å². The van der Waals surface area contributed by atoms with Crippen LogP contribution in [0.15, 0.2) is 0 Å². The molecule has 92 valence electrons. The summed E-state index contributed by atoms with van der Waals surface area (Å²) in [6.07, 6.45) is 8.85. The lowest BCUT2D eigenvalue weighted by Crippen LogP contribution is -2.38. The average molecular weight is 223 g/mol. The zero-order valence-electron chi connectivity index (χ0n) is 10.7. The predicted molar refractivity (Wildman–Crippen MR) is 66.1 cm³/mol. The molecule has 0 aromatic heterocycles. The summed E-state index contributed by atoms with van der Waals surface area (Å²) in [6.45, 7) is 4.42. The van der Waals surface area contributed by atoms with Gasteiger partial charge in [-0.3, -0.25) is 4.79 Å². The fourth-order valence-corrected chi connectivity index (χ4v) is 3.02. The largest absolute Gasteiger partial charge is 0.353 e. The van der Waals surface area contributed by atoms with Crippen LogP contribution in [0.3, 0.4) is 0 Å². The van der Waals surface area contributed by atoms with Crippen LogP contribution in [0.2, 0.25) is 0 Å². The van der Waals surface area contributed by atoms with Crippen molar-refractivity contribution in [1.29, 1.82) is 0 Å². The van der Waals surface area contributed by atoms with Crippen molar-refractivity contribution < 1.29 is 4.79 Å². The van der Waals surface area contributed by atoms with Gasteiger partial charge >= 0.3 is 0 Å². The number of hydrogen-bond donors (Lipinski definition) is 1. The highest BCUT2D eigenvalue weighted by Gasteiger charge is 2.40. The van der Waals surface area contributed by atoms with E-state index in [1.165, 1.54) is 38.5 Å². The third kappa shape index (κ3) is 2.78. The monoisotopic (exact) mass is 223 g/mol. The molecule has 0 aliphatic heterocycles. The smallest absolute Gasteiger partial charge is 0.223 e. The number of carbonyl (C=O) groups excluding carboxylic acids is 1. The van der Waals surface area contributed by atoms with Crippen LogP contribution >= 0.6 is 0 Å². The molecular weight excluding hydrogens is 198 g/mol. The average Bonchev–Trinajstić information content (AvgIpc) is 2.84. The molecule has 0 heterocycles. The summed E-state index contributed by atoms with van der Waals surface area (Å²) in [4.78, 5) is 11.9. The van der Waals surface area contributed by atoms with Gasteiger partial charge < -0.3 is 5.32 Å². The second kappa shape index (κ2) is 5.20. The number of nitrogens with one attached hydrogen (secondary N) is 1. The molecule has 2 aliphatic carbocycles. The molecule has 0 bridgehead atoms. The first-order valence-electron chi connectivity index (χ1n) is 7.02. The summed E-state index contributed by atoms with van der Waals surface area (Å²) in [7, 11) is 0. The second-order valence-electron chi connectivity index (χ2n) is 5.77. The summed E-state index contributed by atoms with van der Waals surface area (Å²) >= 11 is 0. The van der Waals surface area contributed by atoms with E-state index in [1.54, 1.807) is 0 Å². The lowest BCUT2D eigenvalue weighted by atomic mass is 9.96. The van der Waals surface area contributed by atoms with Gasteiger partial charge in [-0.15, -0.1) is 0 Å². The van der Waals surface area contributed by atoms with Crippen LogP contribution in [0.5, 0.6) is 0 Å². The van der Waals surface area contributed by atoms with Gasteiger partial charge in [0.05, 0.1) is 0 Å². The van der Waals surface area contributed by atoms with E-state index in [0.717, 1.165) is 12.3 Å². The van der Waals surface area contributed by atoms with Crippen molar-refractivity contribution in [2.24, 2.45) is 17.8 Å². The molecule has 0 unspecified atom stereocenters. The number of hydrogen-bond acceptors (Lipinski definition) is 1. The zero-order chi connectivity index (χ0) is 11.5. The fraction of sp³-hybridized carbons (Fsp3) is 0.929. The first-order valence-corrected chi connectivity index (χ1v) is 7.02. The minimum absolute atomic E-state index is 0.334. The first-order chi connectivity index (χ1) is 7.72. The number of unbranched alkanes of at least 4 members (excludes halogenated alkanes) is 1. The van der Waals surface area contributed by atoms with E-state index in [2.05, 4.69) is 19.2 Å². The molecule has 0 radical (unpaired) electrons. The predicted octanol–water partition coefficient (Wildman–Crippen LogP) is 3.12. The van der Waals surface area contributed by atoms with Gasteiger partial charge in [0.15, 0.2) is 0 Å². The van der Waals surface area contributed by atoms with Gasteiger partial charge in [-0.1, -0.05) is 33.1 Å². The molecule has 2 heteroatoms. The highest BCUT2D eigenvalue weighted by molar-refractivity contribution is 5.81. The van der Waals surface area contributed by atoms with Crippen LogP contribution in [0.4, 0.5) is 0 Å². The maximum atomic E-state index is 11.9. The summed E-state index contributed by atoms with van der Waals surface area (Å²) in [5.41, 5.74) is 0. The minimum atomic E-state index is 0.334. The van der Waals surface area contributed by atoms with Crippen LogP contribution in [-0.4, -0.2) is 11.9 Å². The van der Waals surface area contributed by atoms with E-state index in [0.29, 0.717) is 23.8 Å². The fourth-order valence-electron chi connectivity index (χ4n) is 3.02. The normalized spacial score (nSPS) is 37.4. The molecule has 0 saturated heterocycles. The van der Waals surface area contributed by atoms with Gasteiger partial charge in [-0.05, 0) is 37.5 Å². The van der Waals surface area contributed by atoms with E-state index >= 15 is 0 Å². The Kier molecular flexibility index (Phi) is 3.88. The second-order valence-corrected chi connectivity index (χ2v) is 5.77. The maximum absolute atomic E-state index is 11.9. The molecule has 1 amide bonds.